The molecule has 0 saturated heterocycles. The van der Waals surface area contributed by atoms with Gasteiger partial charge < -0.3 is 14.5 Å². The third-order valence-electron chi connectivity index (χ3n) is 5.35. The van der Waals surface area contributed by atoms with E-state index in [1.54, 1.807) is 41.3 Å². The van der Waals surface area contributed by atoms with Crippen LogP contribution in [0.1, 0.15) is 21.5 Å². The quantitative estimate of drug-likeness (QED) is 0.224. The summed E-state index contributed by atoms with van der Waals surface area (Å²) < 4.78 is 13.2. The van der Waals surface area contributed by atoms with Crippen molar-refractivity contribution in [3.63, 3.8) is 0 Å². The smallest absolute Gasteiger partial charge is 0.336 e. The maximum absolute atomic E-state index is 12.7. The van der Waals surface area contributed by atoms with Crippen molar-refractivity contribution in [3.8, 4) is 5.75 Å². The van der Waals surface area contributed by atoms with Crippen LogP contribution in [-0.2, 0) is 6.61 Å². The fraction of sp³-hybridized carbons (Fsp3) is 0.115. The summed E-state index contributed by atoms with van der Waals surface area (Å²) in [5, 5.41) is 3.82. The van der Waals surface area contributed by atoms with Crippen LogP contribution < -0.4 is 15.7 Å². The Labute approximate surface area is 203 Å². The van der Waals surface area contributed by atoms with Gasteiger partial charge in [-0.25, -0.2) is 9.78 Å². The minimum absolute atomic E-state index is 0.179. The topological polar surface area (TPSA) is 81.4 Å². The predicted octanol–water partition coefficient (Wildman–Crippen LogP) is 6.26. The molecule has 0 bridgehead atoms. The predicted molar refractivity (Wildman–Crippen MR) is 137 cm³/mol. The highest BCUT2D eigenvalue weighted by Gasteiger charge is 2.09. The number of thiazole rings is 1. The van der Waals surface area contributed by atoms with Crippen molar-refractivity contribution in [1.29, 1.82) is 0 Å². The highest BCUT2D eigenvalue weighted by molar-refractivity contribution is 8.00. The zero-order chi connectivity index (χ0) is 23.7. The molecule has 2 aromatic heterocycles. The number of nitrogens with one attached hydrogen (secondary N) is 1. The lowest BCUT2D eigenvalue weighted by atomic mass is 10.1. The molecule has 1 N–H and O–H groups in total. The van der Waals surface area contributed by atoms with Crippen LogP contribution >= 0.6 is 23.1 Å². The van der Waals surface area contributed by atoms with Gasteiger partial charge in [0.05, 0.1) is 10.2 Å². The molecule has 0 aliphatic heterocycles. The normalized spacial score (nSPS) is 11.1. The molecule has 0 radical (unpaired) electrons. The Morgan fingerprint density at radius 1 is 1.09 bits per heavy atom. The van der Waals surface area contributed by atoms with Gasteiger partial charge in [0, 0.05) is 28.8 Å². The number of hydrogen-bond acceptors (Lipinski definition) is 7. The molecule has 0 aliphatic carbocycles. The lowest BCUT2D eigenvalue weighted by Crippen LogP contribution is -2.11. The second-order valence-corrected chi connectivity index (χ2v) is 9.80. The number of ether oxygens (including phenoxy) is 1. The monoisotopic (exact) mass is 488 g/mol. The third-order valence-corrected chi connectivity index (χ3v) is 7.35. The van der Waals surface area contributed by atoms with Gasteiger partial charge in [-0.3, -0.25) is 4.79 Å². The Bertz CT molecular complexity index is 1570. The summed E-state index contributed by atoms with van der Waals surface area (Å²) in [6.45, 7) is 2.19. The van der Waals surface area contributed by atoms with Crippen molar-refractivity contribution in [2.75, 3.05) is 11.6 Å². The van der Waals surface area contributed by atoms with Crippen molar-refractivity contribution in [1.82, 2.24) is 4.98 Å². The number of rotatable bonds is 6. The van der Waals surface area contributed by atoms with E-state index >= 15 is 0 Å². The van der Waals surface area contributed by atoms with Gasteiger partial charge >= 0.3 is 5.63 Å². The number of nitrogens with zero attached hydrogens (tertiary/aromatic N) is 1. The van der Waals surface area contributed by atoms with E-state index in [0.717, 1.165) is 36.8 Å². The average Bonchev–Trinajstić information content (AvgIpc) is 3.25. The fourth-order valence-corrected chi connectivity index (χ4v) is 5.11. The van der Waals surface area contributed by atoms with Crippen LogP contribution in [0.4, 0.5) is 5.69 Å². The Balaban J connectivity index is 1.24. The number of fused-ring (bicyclic) bond motifs is 2. The number of carbonyl (C=O) groups excluding carboxylic acids is 1. The number of benzene rings is 3. The summed E-state index contributed by atoms with van der Waals surface area (Å²) in [6, 6.07) is 19.9. The highest BCUT2D eigenvalue weighted by Crippen LogP contribution is 2.30. The Hall–Kier alpha value is -3.62. The lowest BCUT2D eigenvalue weighted by molar-refractivity contribution is 0.102. The maximum atomic E-state index is 12.7. The second kappa shape index (κ2) is 9.32. The van der Waals surface area contributed by atoms with Gasteiger partial charge in [0.1, 0.15) is 17.9 Å². The van der Waals surface area contributed by atoms with Gasteiger partial charge in [0.15, 0.2) is 4.34 Å². The minimum Gasteiger partial charge on any atom is -0.489 e. The fourth-order valence-electron chi connectivity index (χ4n) is 3.59. The first-order valence-corrected chi connectivity index (χ1v) is 12.5. The zero-order valence-electron chi connectivity index (χ0n) is 18.5. The molecule has 0 atom stereocenters. The Morgan fingerprint density at radius 2 is 1.91 bits per heavy atom. The lowest BCUT2D eigenvalue weighted by Gasteiger charge is -2.09. The van der Waals surface area contributed by atoms with Crippen molar-refractivity contribution in [2.24, 2.45) is 0 Å². The molecular formula is C26H20N2O4S2. The molecule has 0 saturated carbocycles. The van der Waals surface area contributed by atoms with Gasteiger partial charge in [-0.15, -0.1) is 11.3 Å². The number of carbonyl (C=O) groups is 1. The van der Waals surface area contributed by atoms with Crippen molar-refractivity contribution >= 4 is 55.9 Å². The van der Waals surface area contributed by atoms with Crippen LogP contribution in [0.2, 0.25) is 0 Å². The number of aromatic nitrogens is 1. The van der Waals surface area contributed by atoms with E-state index < -0.39 is 0 Å². The highest BCUT2D eigenvalue weighted by atomic mass is 32.2. The number of aryl methyl sites for hydroxylation is 1. The van der Waals surface area contributed by atoms with Crippen LogP contribution in [0, 0.1) is 6.92 Å². The third kappa shape index (κ3) is 4.69. The Kier molecular flexibility index (Phi) is 6.08. The SMILES string of the molecule is CSc1nc2ccc(NC(=O)c3ccc(COc4ccc5c(C)cc(=O)oc5c4)cc3)cc2s1. The first-order valence-electron chi connectivity index (χ1n) is 10.5. The molecule has 8 heteroatoms. The van der Waals surface area contributed by atoms with Crippen molar-refractivity contribution < 1.29 is 13.9 Å². The molecule has 34 heavy (non-hydrogen) atoms. The maximum Gasteiger partial charge on any atom is 0.336 e. The molecule has 6 nitrogen and oxygen atoms in total. The standard InChI is InChI=1S/C26H20N2O4S2/c1-15-11-24(29)32-22-13-19(8-9-20(15)22)31-14-16-3-5-17(6-4-16)25(30)27-18-7-10-21-23(12-18)34-26(28-21)33-2/h3-13H,14H2,1-2H3,(H,27,30). The summed E-state index contributed by atoms with van der Waals surface area (Å²) in [7, 11) is 0. The van der Waals surface area contributed by atoms with Crippen LogP contribution in [0.5, 0.6) is 5.75 Å². The summed E-state index contributed by atoms with van der Waals surface area (Å²) in [6.07, 6.45) is 2.00. The number of hydrogen-bond donors (Lipinski definition) is 1. The van der Waals surface area contributed by atoms with E-state index in [4.69, 9.17) is 9.15 Å². The molecule has 0 aliphatic rings. The Morgan fingerprint density at radius 3 is 2.71 bits per heavy atom. The van der Waals surface area contributed by atoms with Gasteiger partial charge in [0.25, 0.3) is 5.91 Å². The largest absolute Gasteiger partial charge is 0.489 e. The summed E-state index contributed by atoms with van der Waals surface area (Å²) in [5.74, 6) is 0.424. The van der Waals surface area contributed by atoms with Gasteiger partial charge in [-0.1, -0.05) is 23.9 Å². The second-order valence-electron chi connectivity index (χ2n) is 7.71. The number of amides is 1. The molecule has 1 amide bonds. The van der Waals surface area contributed by atoms with E-state index in [9.17, 15) is 9.59 Å². The van der Waals surface area contributed by atoms with E-state index in [1.807, 2.05) is 55.6 Å². The van der Waals surface area contributed by atoms with E-state index in [2.05, 4.69) is 10.3 Å². The molecule has 5 rings (SSSR count). The van der Waals surface area contributed by atoms with Gasteiger partial charge in [-0.2, -0.15) is 0 Å². The molecule has 0 spiro atoms. The average molecular weight is 489 g/mol. The van der Waals surface area contributed by atoms with Crippen molar-refractivity contribution in [2.45, 2.75) is 17.9 Å². The molecule has 2 heterocycles. The minimum atomic E-state index is -0.382. The zero-order valence-corrected chi connectivity index (χ0v) is 20.1. The van der Waals surface area contributed by atoms with Gasteiger partial charge in [0.2, 0.25) is 0 Å². The van der Waals surface area contributed by atoms with Crippen molar-refractivity contribution in [3.05, 3.63) is 93.8 Å². The van der Waals surface area contributed by atoms with Gasteiger partial charge in [-0.05, 0) is 66.8 Å². The molecule has 170 valence electrons. The van der Waals surface area contributed by atoms with Crippen LogP contribution in [0.3, 0.4) is 0 Å². The summed E-state index contributed by atoms with van der Waals surface area (Å²) in [5.41, 5.74) is 4.12. The molecule has 0 fully saturated rings. The van der Waals surface area contributed by atoms with E-state index in [-0.39, 0.29) is 11.5 Å². The number of anilines is 1. The first-order chi connectivity index (χ1) is 16.5. The van der Waals surface area contributed by atoms with Crippen LogP contribution in [-0.4, -0.2) is 17.1 Å². The van der Waals surface area contributed by atoms with Crippen LogP contribution in [0.15, 0.2) is 80.3 Å². The molecule has 0 unspecified atom stereocenters. The van der Waals surface area contributed by atoms with Crippen LogP contribution in [0.25, 0.3) is 21.2 Å². The van der Waals surface area contributed by atoms with E-state index in [0.29, 0.717) is 23.5 Å². The summed E-state index contributed by atoms with van der Waals surface area (Å²) in [4.78, 5) is 28.8. The molecule has 3 aromatic carbocycles. The first kappa shape index (κ1) is 22.2. The number of thioether (sulfide) groups is 1. The molecule has 5 aromatic rings. The van der Waals surface area contributed by atoms with E-state index in [1.165, 1.54) is 6.07 Å². The molecular weight excluding hydrogens is 468 g/mol. The summed E-state index contributed by atoms with van der Waals surface area (Å²) >= 11 is 3.22.